The van der Waals surface area contributed by atoms with Crippen molar-refractivity contribution in [1.82, 2.24) is 10.2 Å². The predicted octanol–water partition coefficient (Wildman–Crippen LogP) is 2.43. The average molecular weight is 378 g/mol. The van der Waals surface area contributed by atoms with E-state index in [9.17, 15) is 9.59 Å². The Hall–Kier alpha value is -1.59. The fourth-order valence-electron chi connectivity index (χ4n) is 4.69. The van der Waals surface area contributed by atoms with Crippen LogP contribution in [0.5, 0.6) is 0 Å². The minimum absolute atomic E-state index is 0. The molecule has 3 unspecified atom stereocenters. The van der Waals surface area contributed by atoms with Crippen molar-refractivity contribution in [3.05, 3.63) is 29.3 Å². The Morgan fingerprint density at radius 1 is 1.15 bits per heavy atom. The zero-order chi connectivity index (χ0) is 17.6. The SMILES string of the molecule is Cc1cccc(N2CC(C(=O)N3C4CCNCC3CC4)CC2=O)c1C.Cl. The van der Waals surface area contributed by atoms with Crippen molar-refractivity contribution in [2.45, 2.75) is 51.6 Å². The molecular weight excluding hydrogens is 350 g/mol. The Morgan fingerprint density at radius 3 is 2.73 bits per heavy atom. The molecule has 3 saturated heterocycles. The summed E-state index contributed by atoms with van der Waals surface area (Å²) in [5.74, 6) is 0.0679. The van der Waals surface area contributed by atoms with Gasteiger partial charge in [0.2, 0.25) is 11.8 Å². The quantitative estimate of drug-likeness (QED) is 0.861. The number of hydrogen-bond donors (Lipinski definition) is 1. The number of carbonyl (C=O) groups excluding carboxylic acids is 2. The number of rotatable bonds is 2. The van der Waals surface area contributed by atoms with E-state index in [1.807, 2.05) is 24.0 Å². The molecule has 1 aromatic rings. The van der Waals surface area contributed by atoms with Crippen molar-refractivity contribution >= 4 is 29.9 Å². The van der Waals surface area contributed by atoms with Crippen LogP contribution >= 0.6 is 12.4 Å². The highest BCUT2D eigenvalue weighted by molar-refractivity contribution is 6.01. The lowest BCUT2D eigenvalue weighted by Crippen LogP contribution is -2.46. The molecule has 3 atom stereocenters. The maximum atomic E-state index is 13.2. The summed E-state index contributed by atoms with van der Waals surface area (Å²) in [5.41, 5.74) is 3.26. The number of carbonyl (C=O) groups is 2. The van der Waals surface area contributed by atoms with Gasteiger partial charge in [-0.1, -0.05) is 12.1 Å². The number of nitrogens with one attached hydrogen (secondary N) is 1. The molecule has 2 amide bonds. The molecule has 3 aliphatic heterocycles. The Labute approximate surface area is 161 Å². The zero-order valence-electron chi connectivity index (χ0n) is 15.5. The molecule has 0 aromatic heterocycles. The first-order chi connectivity index (χ1) is 12.1. The van der Waals surface area contributed by atoms with Gasteiger partial charge in [-0.25, -0.2) is 0 Å². The Kier molecular flexibility index (Phi) is 5.58. The third-order valence-corrected chi connectivity index (χ3v) is 6.25. The fourth-order valence-corrected chi connectivity index (χ4v) is 4.69. The van der Waals surface area contributed by atoms with Crippen molar-refractivity contribution < 1.29 is 9.59 Å². The summed E-state index contributed by atoms with van der Waals surface area (Å²) < 4.78 is 0. The Morgan fingerprint density at radius 2 is 1.92 bits per heavy atom. The minimum Gasteiger partial charge on any atom is -0.335 e. The maximum Gasteiger partial charge on any atom is 0.228 e. The summed E-state index contributed by atoms with van der Waals surface area (Å²) >= 11 is 0. The van der Waals surface area contributed by atoms with Crippen LogP contribution in [0.25, 0.3) is 0 Å². The van der Waals surface area contributed by atoms with Gasteiger partial charge in [0, 0.05) is 37.3 Å². The number of aryl methyl sites for hydroxylation is 1. The van der Waals surface area contributed by atoms with Crippen LogP contribution in [0.15, 0.2) is 18.2 Å². The molecule has 4 rings (SSSR count). The van der Waals surface area contributed by atoms with Crippen LogP contribution in [0.2, 0.25) is 0 Å². The van der Waals surface area contributed by atoms with Crippen molar-refractivity contribution in [2.24, 2.45) is 5.92 Å². The summed E-state index contributed by atoms with van der Waals surface area (Å²) in [6.45, 7) is 6.51. The predicted molar refractivity (Wildman–Crippen MR) is 105 cm³/mol. The third-order valence-electron chi connectivity index (χ3n) is 6.25. The Bertz CT molecular complexity index is 694. The second-order valence-electron chi connectivity index (χ2n) is 7.75. The lowest BCUT2D eigenvalue weighted by Gasteiger charge is -2.30. The molecule has 2 bridgehead atoms. The molecular formula is C20H28ClN3O2. The second kappa shape index (κ2) is 7.57. The average Bonchev–Trinajstić information content (AvgIpc) is 3.08. The molecule has 5 nitrogen and oxygen atoms in total. The number of benzene rings is 1. The molecule has 0 aliphatic carbocycles. The molecule has 1 N–H and O–H groups in total. The normalized spacial score (nSPS) is 28.1. The molecule has 6 heteroatoms. The summed E-state index contributed by atoms with van der Waals surface area (Å²) in [4.78, 5) is 29.8. The van der Waals surface area contributed by atoms with E-state index in [0.717, 1.165) is 43.6 Å². The van der Waals surface area contributed by atoms with Crippen LogP contribution < -0.4 is 10.2 Å². The van der Waals surface area contributed by atoms with Crippen LogP contribution in [0.3, 0.4) is 0 Å². The summed E-state index contributed by atoms with van der Waals surface area (Å²) in [6, 6.07) is 6.71. The molecule has 3 aliphatic rings. The van der Waals surface area contributed by atoms with Gasteiger partial charge in [-0.2, -0.15) is 0 Å². The number of amides is 2. The zero-order valence-corrected chi connectivity index (χ0v) is 16.3. The monoisotopic (exact) mass is 377 g/mol. The highest BCUT2D eigenvalue weighted by Gasteiger charge is 2.44. The van der Waals surface area contributed by atoms with E-state index in [1.165, 1.54) is 5.56 Å². The minimum atomic E-state index is -0.200. The topological polar surface area (TPSA) is 52.7 Å². The van der Waals surface area contributed by atoms with E-state index in [4.69, 9.17) is 0 Å². The van der Waals surface area contributed by atoms with Crippen LogP contribution in [0, 0.1) is 19.8 Å². The van der Waals surface area contributed by atoms with Gasteiger partial charge in [-0.3, -0.25) is 9.59 Å². The van der Waals surface area contributed by atoms with Crippen LogP contribution in [-0.2, 0) is 9.59 Å². The largest absolute Gasteiger partial charge is 0.335 e. The molecule has 0 spiro atoms. The molecule has 0 radical (unpaired) electrons. The Balaban J connectivity index is 0.00000196. The van der Waals surface area contributed by atoms with E-state index in [1.54, 1.807) is 0 Å². The fraction of sp³-hybridized carbons (Fsp3) is 0.600. The smallest absolute Gasteiger partial charge is 0.228 e. The molecule has 3 heterocycles. The lowest BCUT2D eigenvalue weighted by atomic mass is 10.0. The molecule has 1 aromatic carbocycles. The summed E-state index contributed by atoms with van der Waals surface area (Å²) in [6.07, 6.45) is 3.57. The van der Waals surface area contributed by atoms with Gasteiger partial charge in [0.15, 0.2) is 0 Å². The van der Waals surface area contributed by atoms with E-state index >= 15 is 0 Å². The molecule has 0 saturated carbocycles. The second-order valence-corrected chi connectivity index (χ2v) is 7.75. The van der Waals surface area contributed by atoms with Crippen molar-refractivity contribution in [3.63, 3.8) is 0 Å². The number of halogens is 1. The van der Waals surface area contributed by atoms with E-state index in [2.05, 4.69) is 23.2 Å². The van der Waals surface area contributed by atoms with Gasteiger partial charge in [0.25, 0.3) is 0 Å². The van der Waals surface area contributed by atoms with Crippen LogP contribution in [0.4, 0.5) is 5.69 Å². The van der Waals surface area contributed by atoms with Gasteiger partial charge in [0.1, 0.15) is 0 Å². The highest BCUT2D eigenvalue weighted by atomic mass is 35.5. The number of nitrogens with zero attached hydrogens (tertiary/aromatic N) is 2. The first-order valence-electron chi connectivity index (χ1n) is 9.45. The van der Waals surface area contributed by atoms with E-state index in [0.29, 0.717) is 25.0 Å². The highest BCUT2D eigenvalue weighted by Crippen LogP contribution is 2.34. The molecule has 26 heavy (non-hydrogen) atoms. The van der Waals surface area contributed by atoms with Crippen LogP contribution in [0.1, 0.15) is 36.8 Å². The molecule has 3 fully saturated rings. The van der Waals surface area contributed by atoms with Crippen LogP contribution in [-0.4, -0.2) is 48.4 Å². The van der Waals surface area contributed by atoms with Crippen molar-refractivity contribution in [1.29, 1.82) is 0 Å². The van der Waals surface area contributed by atoms with E-state index < -0.39 is 0 Å². The first-order valence-corrected chi connectivity index (χ1v) is 9.45. The van der Waals surface area contributed by atoms with Gasteiger partial charge >= 0.3 is 0 Å². The van der Waals surface area contributed by atoms with Gasteiger partial charge in [-0.15, -0.1) is 12.4 Å². The van der Waals surface area contributed by atoms with E-state index in [-0.39, 0.29) is 30.1 Å². The van der Waals surface area contributed by atoms with Gasteiger partial charge in [-0.05, 0) is 56.8 Å². The lowest BCUT2D eigenvalue weighted by molar-refractivity contribution is -0.138. The maximum absolute atomic E-state index is 13.2. The number of hydrogen-bond acceptors (Lipinski definition) is 3. The number of fused-ring (bicyclic) bond motifs is 2. The van der Waals surface area contributed by atoms with Gasteiger partial charge < -0.3 is 15.1 Å². The summed E-state index contributed by atoms with van der Waals surface area (Å²) in [7, 11) is 0. The molecule has 142 valence electrons. The standard InChI is InChI=1S/C20H27N3O2.ClH/c1-13-4-3-5-18(14(13)2)22-12-15(10-19(22)24)20(25)23-16-6-7-17(23)11-21-9-8-16;/h3-5,15-17,21H,6-12H2,1-2H3;1H. The number of anilines is 1. The van der Waals surface area contributed by atoms with Crippen molar-refractivity contribution in [2.75, 3.05) is 24.5 Å². The van der Waals surface area contributed by atoms with Gasteiger partial charge in [0.05, 0.1) is 5.92 Å². The first kappa shape index (κ1) is 19.2. The third kappa shape index (κ3) is 3.23. The summed E-state index contributed by atoms with van der Waals surface area (Å²) in [5, 5.41) is 3.44. The van der Waals surface area contributed by atoms with Crippen molar-refractivity contribution in [3.8, 4) is 0 Å².